The summed E-state index contributed by atoms with van der Waals surface area (Å²) in [6.45, 7) is 7.35. The van der Waals surface area contributed by atoms with E-state index in [-0.39, 0.29) is 12.1 Å². The number of carboxylic acid groups (broad SMARTS) is 1. The van der Waals surface area contributed by atoms with Gasteiger partial charge in [-0.25, -0.2) is 4.79 Å². The lowest BCUT2D eigenvalue weighted by Gasteiger charge is -2.39. The molecule has 5 nitrogen and oxygen atoms in total. The fraction of sp³-hybridized carbons (Fsp3) is 0.875. The van der Waals surface area contributed by atoms with Crippen molar-refractivity contribution < 1.29 is 14.7 Å². The first-order valence-corrected chi connectivity index (χ1v) is 8.01. The highest BCUT2D eigenvalue weighted by molar-refractivity contribution is 5.77. The van der Waals surface area contributed by atoms with Crippen molar-refractivity contribution in [2.24, 2.45) is 10.8 Å². The normalized spacial score (nSPS) is 28.0. The summed E-state index contributed by atoms with van der Waals surface area (Å²) in [5.74, 6) is -0.753. The largest absolute Gasteiger partial charge is 0.481 e. The molecule has 2 amide bonds. The molecule has 1 heterocycles. The van der Waals surface area contributed by atoms with Crippen molar-refractivity contribution in [2.75, 3.05) is 13.1 Å². The summed E-state index contributed by atoms with van der Waals surface area (Å²) in [7, 11) is 0. The average molecular weight is 296 g/mol. The molecule has 1 aliphatic heterocycles. The minimum atomic E-state index is -0.753. The van der Waals surface area contributed by atoms with Gasteiger partial charge in [0.25, 0.3) is 0 Å². The van der Waals surface area contributed by atoms with Gasteiger partial charge in [-0.3, -0.25) is 4.79 Å². The van der Waals surface area contributed by atoms with Crippen LogP contribution in [0.15, 0.2) is 0 Å². The molecule has 0 bridgehead atoms. The number of carbonyl (C=O) groups excluding carboxylic acids is 1. The Morgan fingerprint density at radius 2 is 1.76 bits per heavy atom. The molecule has 1 aliphatic carbocycles. The minimum Gasteiger partial charge on any atom is -0.481 e. The second-order valence-corrected chi connectivity index (χ2v) is 7.76. The van der Waals surface area contributed by atoms with Gasteiger partial charge in [0, 0.05) is 19.1 Å². The number of nitrogens with one attached hydrogen (secondary N) is 1. The second-order valence-electron chi connectivity index (χ2n) is 7.76. The quantitative estimate of drug-likeness (QED) is 0.823. The Bertz CT molecular complexity index is 412. The number of carboxylic acids is 1. The van der Waals surface area contributed by atoms with E-state index in [0.29, 0.717) is 31.3 Å². The zero-order chi connectivity index (χ0) is 15.7. The van der Waals surface area contributed by atoms with Gasteiger partial charge in [0.1, 0.15) is 0 Å². The summed E-state index contributed by atoms with van der Waals surface area (Å²) in [6.07, 6.45) is 5.53. The lowest BCUT2D eigenvalue weighted by molar-refractivity contribution is -0.150. The summed E-state index contributed by atoms with van der Waals surface area (Å²) >= 11 is 0. The highest BCUT2D eigenvalue weighted by atomic mass is 16.4. The van der Waals surface area contributed by atoms with Gasteiger partial charge in [-0.15, -0.1) is 0 Å². The van der Waals surface area contributed by atoms with E-state index in [1.807, 2.05) is 0 Å². The fourth-order valence-electron chi connectivity index (χ4n) is 3.50. The van der Waals surface area contributed by atoms with Crippen LogP contribution in [0.2, 0.25) is 0 Å². The third-order valence-corrected chi connectivity index (χ3v) is 5.20. The van der Waals surface area contributed by atoms with Crippen LogP contribution in [-0.2, 0) is 4.79 Å². The predicted octanol–water partition coefficient (Wildman–Crippen LogP) is 2.85. The average Bonchev–Trinajstić information content (AvgIpc) is 2.38. The van der Waals surface area contributed by atoms with Gasteiger partial charge in [0.2, 0.25) is 0 Å². The monoisotopic (exact) mass is 296 g/mol. The number of hydrogen-bond acceptors (Lipinski definition) is 2. The smallest absolute Gasteiger partial charge is 0.317 e. The van der Waals surface area contributed by atoms with Gasteiger partial charge in [-0.1, -0.05) is 20.3 Å². The van der Waals surface area contributed by atoms with Gasteiger partial charge < -0.3 is 15.3 Å². The fourth-order valence-corrected chi connectivity index (χ4v) is 3.50. The van der Waals surface area contributed by atoms with E-state index in [0.717, 1.165) is 19.3 Å². The lowest BCUT2D eigenvalue weighted by atomic mass is 9.75. The number of rotatable bonds is 2. The van der Waals surface area contributed by atoms with E-state index in [4.69, 9.17) is 0 Å². The van der Waals surface area contributed by atoms with E-state index in [1.165, 1.54) is 6.42 Å². The molecule has 21 heavy (non-hydrogen) atoms. The second kappa shape index (κ2) is 5.85. The Morgan fingerprint density at radius 3 is 2.29 bits per heavy atom. The molecule has 0 aromatic rings. The van der Waals surface area contributed by atoms with Crippen molar-refractivity contribution in [1.82, 2.24) is 10.2 Å². The molecular formula is C16H28N2O3. The van der Waals surface area contributed by atoms with Crippen molar-refractivity contribution in [3.63, 3.8) is 0 Å². The van der Waals surface area contributed by atoms with Gasteiger partial charge in [0.05, 0.1) is 5.41 Å². The van der Waals surface area contributed by atoms with E-state index < -0.39 is 11.4 Å². The first-order valence-electron chi connectivity index (χ1n) is 8.01. The number of carbonyl (C=O) groups is 2. The van der Waals surface area contributed by atoms with Crippen LogP contribution in [0.3, 0.4) is 0 Å². The highest BCUT2D eigenvalue weighted by Crippen LogP contribution is 2.35. The van der Waals surface area contributed by atoms with Crippen LogP contribution in [0.4, 0.5) is 4.79 Å². The van der Waals surface area contributed by atoms with Crippen molar-refractivity contribution in [3.8, 4) is 0 Å². The van der Waals surface area contributed by atoms with Crippen molar-refractivity contribution in [2.45, 2.75) is 65.3 Å². The van der Waals surface area contributed by atoms with Crippen LogP contribution < -0.4 is 5.32 Å². The van der Waals surface area contributed by atoms with E-state index in [9.17, 15) is 14.7 Å². The maximum Gasteiger partial charge on any atom is 0.317 e. The van der Waals surface area contributed by atoms with E-state index in [2.05, 4.69) is 19.2 Å². The van der Waals surface area contributed by atoms with Crippen LogP contribution in [-0.4, -0.2) is 41.1 Å². The van der Waals surface area contributed by atoms with Gasteiger partial charge in [0.15, 0.2) is 0 Å². The van der Waals surface area contributed by atoms with Gasteiger partial charge in [-0.2, -0.15) is 0 Å². The van der Waals surface area contributed by atoms with Crippen molar-refractivity contribution in [1.29, 1.82) is 0 Å². The molecule has 1 atom stereocenters. The van der Waals surface area contributed by atoms with E-state index in [1.54, 1.807) is 11.8 Å². The Kier molecular flexibility index (Phi) is 4.49. The van der Waals surface area contributed by atoms with Crippen LogP contribution >= 0.6 is 0 Å². The Morgan fingerprint density at radius 1 is 1.14 bits per heavy atom. The van der Waals surface area contributed by atoms with Gasteiger partial charge >= 0.3 is 12.0 Å². The standard InChI is InChI=1S/C16H28N2O3/c1-15(2)6-4-5-12(11-15)17-14(21)18-9-7-16(3,8-10-18)13(19)20/h12H,4-11H2,1-3H3,(H,17,21)(H,19,20). The molecule has 5 heteroatoms. The third-order valence-electron chi connectivity index (χ3n) is 5.20. The topological polar surface area (TPSA) is 69.6 Å². The molecule has 2 rings (SSSR count). The molecule has 0 spiro atoms. The van der Waals surface area contributed by atoms with Crippen LogP contribution in [0.25, 0.3) is 0 Å². The first kappa shape index (κ1) is 16.1. The van der Waals surface area contributed by atoms with Crippen molar-refractivity contribution in [3.05, 3.63) is 0 Å². The number of nitrogens with zero attached hydrogens (tertiary/aromatic N) is 1. The molecule has 2 aliphatic rings. The maximum atomic E-state index is 12.3. The molecule has 1 saturated carbocycles. The number of hydrogen-bond donors (Lipinski definition) is 2. The number of amides is 2. The predicted molar refractivity (Wildman–Crippen MR) is 81.1 cm³/mol. The van der Waals surface area contributed by atoms with Crippen LogP contribution in [0.5, 0.6) is 0 Å². The molecule has 120 valence electrons. The SMILES string of the molecule is CC1(C)CCCC(NC(=O)N2CCC(C)(C(=O)O)CC2)C1. The molecule has 2 N–H and O–H groups in total. The Hall–Kier alpha value is -1.26. The van der Waals surface area contributed by atoms with Crippen molar-refractivity contribution >= 4 is 12.0 Å². The molecule has 0 aromatic heterocycles. The lowest BCUT2D eigenvalue weighted by Crippen LogP contribution is -2.51. The van der Waals surface area contributed by atoms with Crippen LogP contribution in [0.1, 0.15) is 59.3 Å². The Balaban J connectivity index is 1.84. The Labute approximate surface area is 127 Å². The molecule has 0 aromatic carbocycles. The summed E-state index contributed by atoms with van der Waals surface area (Å²) in [5.41, 5.74) is -0.371. The third kappa shape index (κ3) is 3.89. The maximum absolute atomic E-state index is 12.3. The molecule has 0 radical (unpaired) electrons. The molecule has 1 unspecified atom stereocenters. The van der Waals surface area contributed by atoms with Crippen LogP contribution in [0, 0.1) is 10.8 Å². The number of likely N-dealkylation sites (tertiary alicyclic amines) is 1. The highest BCUT2D eigenvalue weighted by Gasteiger charge is 2.38. The summed E-state index contributed by atoms with van der Waals surface area (Å²) in [6, 6.07) is 0.235. The number of urea groups is 1. The molecule has 2 fully saturated rings. The minimum absolute atomic E-state index is 0.0230. The van der Waals surface area contributed by atoms with E-state index >= 15 is 0 Å². The summed E-state index contributed by atoms with van der Waals surface area (Å²) in [4.78, 5) is 25.3. The zero-order valence-electron chi connectivity index (χ0n) is 13.4. The number of aliphatic carboxylic acids is 1. The molecule has 1 saturated heterocycles. The number of piperidine rings is 1. The zero-order valence-corrected chi connectivity index (χ0v) is 13.4. The summed E-state index contributed by atoms with van der Waals surface area (Å²) < 4.78 is 0. The summed E-state index contributed by atoms with van der Waals surface area (Å²) in [5, 5.41) is 12.4. The first-order chi connectivity index (χ1) is 9.72. The van der Waals surface area contributed by atoms with Gasteiger partial charge in [-0.05, 0) is 44.4 Å². The molecular weight excluding hydrogens is 268 g/mol.